The summed E-state index contributed by atoms with van der Waals surface area (Å²) in [4.78, 5) is 0.463. The Morgan fingerprint density at radius 1 is 1.12 bits per heavy atom. The predicted octanol–water partition coefficient (Wildman–Crippen LogP) is 1.52. The van der Waals surface area contributed by atoms with E-state index in [4.69, 9.17) is 0 Å². The van der Waals surface area contributed by atoms with Crippen LogP contribution in [0.1, 0.15) is 18.4 Å². The smallest absolute Gasteiger partial charge is 0.181 e. The quantitative estimate of drug-likeness (QED) is 0.851. The second-order valence-electron chi connectivity index (χ2n) is 4.31. The van der Waals surface area contributed by atoms with Crippen molar-refractivity contribution in [2.24, 2.45) is 0 Å². The summed E-state index contributed by atoms with van der Waals surface area (Å²) in [5.74, 6) is 0. The van der Waals surface area contributed by atoms with E-state index in [1.54, 1.807) is 12.1 Å². The molecule has 0 radical (unpaired) electrons. The molecule has 1 saturated heterocycles. The molecule has 1 aliphatic rings. The summed E-state index contributed by atoms with van der Waals surface area (Å²) in [6, 6.07) is 7.14. The SMILES string of the molecule is Cc1ccc(S(=O)(=O)C2CCNCC2)cc1. The molecule has 1 aliphatic heterocycles. The average molecular weight is 239 g/mol. The van der Waals surface area contributed by atoms with Crippen LogP contribution in [0.2, 0.25) is 0 Å². The van der Waals surface area contributed by atoms with Gasteiger partial charge in [-0.2, -0.15) is 0 Å². The lowest BCUT2D eigenvalue weighted by molar-refractivity contribution is 0.496. The molecule has 0 unspecified atom stereocenters. The number of hydrogen-bond donors (Lipinski definition) is 1. The van der Waals surface area contributed by atoms with Gasteiger partial charge in [0, 0.05) is 0 Å². The van der Waals surface area contributed by atoms with E-state index in [2.05, 4.69) is 5.32 Å². The number of nitrogens with one attached hydrogen (secondary N) is 1. The highest BCUT2D eigenvalue weighted by Gasteiger charge is 2.28. The van der Waals surface area contributed by atoms with Gasteiger partial charge in [-0.1, -0.05) is 17.7 Å². The molecule has 1 fully saturated rings. The fourth-order valence-corrected chi connectivity index (χ4v) is 3.78. The molecule has 1 aromatic rings. The van der Waals surface area contributed by atoms with Crippen LogP contribution in [0.25, 0.3) is 0 Å². The van der Waals surface area contributed by atoms with Crippen molar-refractivity contribution in [3.05, 3.63) is 29.8 Å². The first-order valence-electron chi connectivity index (χ1n) is 5.62. The molecule has 1 aromatic carbocycles. The number of benzene rings is 1. The fourth-order valence-electron chi connectivity index (χ4n) is 2.03. The van der Waals surface area contributed by atoms with Crippen LogP contribution in [0.5, 0.6) is 0 Å². The van der Waals surface area contributed by atoms with Gasteiger partial charge in [-0.15, -0.1) is 0 Å². The van der Waals surface area contributed by atoms with Crippen LogP contribution >= 0.6 is 0 Å². The zero-order valence-corrected chi connectivity index (χ0v) is 10.3. The Bertz CT molecular complexity index is 444. The highest BCUT2D eigenvalue weighted by molar-refractivity contribution is 7.92. The largest absolute Gasteiger partial charge is 0.317 e. The van der Waals surface area contributed by atoms with Gasteiger partial charge in [0.1, 0.15) is 0 Å². The van der Waals surface area contributed by atoms with Gasteiger partial charge in [0.05, 0.1) is 10.1 Å². The highest BCUT2D eigenvalue weighted by atomic mass is 32.2. The Morgan fingerprint density at radius 2 is 1.69 bits per heavy atom. The molecule has 0 aliphatic carbocycles. The van der Waals surface area contributed by atoms with Gasteiger partial charge in [-0.05, 0) is 45.0 Å². The third-order valence-corrected chi connectivity index (χ3v) is 5.35. The molecule has 0 saturated carbocycles. The maximum absolute atomic E-state index is 12.3. The standard InChI is InChI=1S/C12H17NO2S/c1-10-2-4-11(5-3-10)16(14,15)12-6-8-13-9-7-12/h2-5,12-13H,6-9H2,1H3. The summed E-state index contributed by atoms with van der Waals surface area (Å²) in [7, 11) is -3.12. The van der Waals surface area contributed by atoms with Crippen LogP contribution in [0, 0.1) is 6.92 Å². The molecule has 4 heteroatoms. The molecule has 0 atom stereocenters. The summed E-state index contributed by atoms with van der Waals surface area (Å²) >= 11 is 0. The van der Waals surface area contributed by atoms with Crippen LogP contribution in [0.4, 0.5) is 0 Å². The molecular weight excluding hydrogens is 222 g/mol. The highest BCUT2D eigenvalue weighted by Crippen LogP contribution is 2.22. The lowest BCUT2D eigenvalue weighted by Crippen LogP contribution is -2.35. The first kappa shape index (κ1) is 11.6. The van der Waals surface area contributed by atoms with Crippen LogP contribution in [-0.4, -0.2) is 26.8 Å². The summed E-state index contributed by atoms with van der Waals surface area (Å²) in [5.41, 5.74) is 1.09. The number of rotatable bonds is 2. The zero-order valence-electron chi connectivity index (χ0n) is 9.44. The monoisotopic (exact) mass is 239 g/mol. The van der Waals surface area contributed by atoms with Gasteiger partial charge < -0.3 is 5.32 Å². The van der Waals surface area contributed by atoms with E-state index >= 15 is 0 Å². The summed E-state index contributed by atoms with van der Waals surface area (Å²) in [6.45, 7) is 3.56. The Kier molecular flexibility index (Phi) is 3.30. The molecule has 1 heterocycles. The predicted molar refractivity (Wildman–Crippen MR) is 64.3 cm³/mol. The molecule has 0 aromatic heterocycles. The molecule has 0 spiro atoms. The number of hydrogen-bond acceptors (Lipinski definition) is 3. The van der Waals surface area contributed by atoms with Crippen LogP contribution in [0.3, 0.4) is 0 Å². The van der Waals surface area contributed by atoms with Gasteiger partial charge in [0.25, 0.3) is 0 Å². The molecule has 3 nitrogen and oxygen atoms in total. The van der Waals surface area contributed by atoms with E-state index in [-0.39, 0.29) is 5.25 Å². The Morgan fingerprint density at radius 3 is 2.25 bits per heavy atom. The van der Waals surface area contributed by atoms with Crippen molar-refractivity contribution in [3.8, 4) is 0 Å². The lowest BCUT2D eigenvalue weighted by atomic mass is 10.2. The summed E-state index contributed by atoms with van der Waals surface area (Å²) in [6.07, 6.45) is 1.44. The van der Waals surface area contributed by atoms with Crippen molar-refractivity contribution >= 4 is 9.84 Å². The zero-order chi connectivity index (χ0) is 11.6. The third-order valence-electron chi connectivity index (χ3n) is 3.07. The second kappa shape index (κ2) is 4.55. The normalized spacial score (nSPS) is 18.6. The first-order valence-corrected chi connectivity index (χ1v) is 7.16. The fraction of sp³-hybridized carbons (Fsp3) is 0.500. The molecular formula is C12H17NO2S. The van der Waals surface area contributed by atoms with Gasteiger partial charge in [0.15, 0.2) is 9.84 Å². The maximum atomic E-state index is 12.3. The molecule has 2 rings (SSSR count). The van der Waals surface area contributed by atoms with Crippen molar-refractivity contribution in [3.63, 3.8) is 0 Å². The van der Waals surface area contributed by atoms with E-state index in [1.807, 2.05) is 19.1 Å². The van der Waals surface area contributed by atoms with E-state index in [1.165, 1.54) is 0 Å². The Hall–Kier alpha value is -0.870. The first-order chi connectivity index (χ1) is 7.60. The van der Waals surface area contributed by atoms with Crippen molar-refractivity contribution < 1.29 is 8.42 Å². The molecule has 1 N–H and O–H groups in total. The molecule has 88 valence electrons. The van der Waals surface area contributed by atoms with Crippen molar-refractivity contribution in [1.29, 1.82) is 0 Å². The second-order valence-corrected chi connectivity index (χ2v) is 6.54. The molecule has 0 bridgehead atoms. The molecule has 16 heavy (non-hydrogen) atoms. The molecule has 0 amide bonds. The Labute approximate surface area is 96.8 Å². The summed E-state index contributed by atoms with van der Waals surface area (Å²) in [5, 5.41) is 2.97. The minimum atomic E-state index is -3.12. The van der Waals surface area contributed by atoms with E-state index in [0.29, 0.717) is 4.90 Å². The number of piperidine rings is 1. The lowest BCUT2D eigenvalue weighted by Gasteiger charge is -2.22. The van der Waals surface area contributed by atoms with Crippen LogP contribution in [0.15, 0.2) is 29.2 Å². The van der Waals surface area contributed by atoms with E-state index in [9.17, 15) is 8.42 Å². The topological polar surface area (TPSA) is 46.2 Å². The van der Waals surface area contributed by atoms with Crippen molar-refractivity contribution in [2.75, 3.05) is 13.1 Å². The van der Waals surface area contributed by atoms with Gasteiger partial charge >= 0.3 is 0 Å². The number of aryl methyl sites for hydroxylation is 1. The van der Waals surface area contributed by atoms with Crippen LogP contribution < -0.4 is 5.32 Å². The Balaban J connectivity index is 2.27. The van der Waals surface area contributed by atoms with Crippen molar-refractivity contribution in [2.45, 2.75) is 29.9 Å². The summed E-state index contributed by atoms with van der Waals surface area (Å²) < 4.78 is 24.5. The minimum Gasteiger partial charge on any atom is -0.317 e. The van der Waals surface area contributed by atoms with E-state index < -0.39 is 9.84 Å². The van der Waals surface area contributed by atoms with Gasteiger partial charge in [-0.25, -0.2) is 8.42 Å². The van der Waals surface area contributed by atoms with Crippen molar-refractivity contribution in [1.82, 2.24) is 5.32 Å². The van der Waals surface area contributed by atoms with E-state index in [0.717, 1.165) is 31.5 Å². The van der Waals surface area contributed by atoms with Gasteiger partial charge in [-0.3, -0.25) is 0 Å². The maximum Gasteiger partial charge on any atom is 0.181 e. The minimum absolute atomic E-state index is 0.212. The van der Waals surface area contributed by atoms with Crippen LogP contribution in [-0.2, 0) is 9.84 Å². The van der Waals surface area contributed by atoms with Gasteiger partial charge in [0.2, 0.25) is 0 Å². The number of sulfone groups is 1. The third kappa shape index (κ3) is 2.28. The average Bonchev–Trinajstić information content (AvgIpc) is 2.31.